The molecule has 1 N–H and O–H groups in total. The Labute approximate surface area is 87.5 Å². The number of rotatable bonds is 3. The van der Waals surface area contributed by atoms with E-state index in [0.717, 1.165) is 4.90 Å². The smallest absolute Gasteiger partial charge is 0.323 e. The van der Waals surface area contributed by atoms with Gasteiger partial charge in [-0.15, -0.1) is 0 Å². The molecule has 15 heavy (non-hydrogen) atoms. The molecule has 6 nitrogen and oxygen atoms in total. The van der Waals surface area contributed by atoms with Crippen molar-refractivity contribution in [3.05, 3.63) is 0 Å². The zero-order valence-corrected chi connectivity index (χ0v) is 8.77. The van der Waals surface area contributed by atoms with E-state index in [2.05, 4.69) is 0 Å². The highest BCUT2D eigenvalue weighted by molar-refractivity contribution is 5.90. The van der Waals surface area contributed by atoms with Gasteiger partial charge in [0.1, 0.15) is 6.54 Å². The van der Waals surface area contributed by atoms with Crippen LogP contribution in [0.5, 0.6) is 0 Å². The van der Waals surface area contributed by atoms with Crippen molar-refractivity contribution < 1.29 is 19.5 Å². The van der Waals surface area contributed by atoms with Gasteiger partial charge in [0.2, 0.25) is 11.8 Å². The van der Waals surface area contributed by atoms with Crippen LogP contribution in [0.2, 0.25) is 0 Å². The minimum atomic E-state index is -1.05. The molecule has 0 aromatic rings. The Kier molecular flexibility index (Phi) is 3.28. The van der Waals surface area contributed by atoms with E-state index >= 15 is 0 Å². The average Bonchev–Trinajstić information content (AvgIpc) is 2.44. The molecule has 1 saturated heterocycles. The molecule has 0 bridgehead atoms. The molecule has 1 rings (SSSR count). The van der Waals surface area contributed by atoms with Crippen molar-refractivity contribution in [2.75, 3.05) is 27.2 Å². The maximum atomic E-state index is 11.7. The second kappa shape index (κ2) is 4.29. The van der Waals surface area contributed by atoms with Gasteiger partial charge < -0.3 is 14.9 Å². The first kappa shape index (κ1) is 11.5. The fraction of sp³-hybridized carbons (Fsp3) is 0.667. The summed E-state index contributed by atoms with van der Waals surface area (Å²) in [4.78, 5) is 35.8. The summed E-state index contributed by atoms with van der Waals surface area (Å²) in [5.41, 5.74) is 0. The minimum absolute atomic E-state index is 0.0722. The number of carboxylic acid groups (broad SMARTS) is 1. The zero-order valence-electron chi connectivity index (χ0n) is 8.77. The zero-order chi connectivity index (χ0) is 11.6. The van der Waals surface area contributed by atoms with E-state index in [-0.39, 0.29) is 24.8 Å². The van der Waals surface area contributed by atoms with Crippen LogP contribution in [-0.2, 0) is 14.4 Å². The second-order valence-corrected chi connectivity index (χ2v) is 3.76. The summed E-state index contributed by atoms with van der Waals surface area (Å²) >= 11 is 0. The van der Waals surface area contributed by atoms with Gasteiger partial charge in [0.15, 0.2) is 0 Å². The highest BCUT2D eigenvalue weighted by Gasteiger charge is 2.33. The number of carbonyl (C=O) groups is 3. The third kappa shape index (κ3) is 2.68. The monoisotopic (exact) mass is 214 g/mol. The normalized spacial score (nSPS) is 20.5. The molecule has 1 aliphatic rings. The van der Waals surface area contributed by atoms with Gasteiger partial charge in [-0.1, -0.05) is 0 Å². The molecule has 1 unspecified atom stereocenters. The summed E-state index contributed by atoms with van der Waals surface area (Å²) in [6, 6.07) is 0. The van der Waals surface area contributed by atoms with Crippen LogP contribution < -0.4 is 0 Å². The van der Waals surface area contributed by atoms with Crippen LogP contribution in [-0.4, -0.2) is 59.9 Å². The molecule has 6 heteroatoms. The van der Waals surface area contributed by atoms with Gasteiger partial charge >= 0.3 is 5.97 Å². The van der Waals surface area contributed by atoms with Gasteiger partial charge in [-0.05, 0) is 0 Å². The quantitative estimate of drug-likeness (QED) is 0.654. The van der Waals surface area contributed by atoms with Crippen molar-refractivity contribution in [2.45, 2.75) is 6.42 Å². The fourth-order valence-corrected chi connectivity index (χ4v) is 1.62. The van der Waals surface area contributed by atoms with Crippen molar-refractivity contribution >= 4 is 17.8 Å². The van der Waals surface area contributed by atoms with Gasteiger partial charge in [-0.25, -0.2) is 0 Å². The number of carbonyl (C=O) groups excluding carboxylic acids is 2. The second-order valence-electron chi connectivity index (χ2n) is 3.76. The molecule has 0 saturated carbocycles. The Bertz CT molecular complexity index is 302. The fourth-order valence-electron chi connectivity index (χ4n) is 1.62. The molecule has 0 radical (unpaired) electrons. The molecular formula is C9H14N2O4. The van der Waals surface area contributed by atoms with Crippen molar-refractivity contribution in [2.24, 2.45) is 5.92 Å². The molecule has 1 heterocycles. The first-order valence-electron chi connectivity index (χ1n) is 4.62. The van der Waals surface area contributed by atoms with E-state index < -0.39 is 11.9 Å². The van der Waals surface area contributed by atoms with E-state index in [1.54, 1.807) is 7.05 Å². The number of nitrogens with zero attached hydrogens (tertiary/aromatic N) is 2. The Morgan fingerprint density at radius 3 is 2.60 bits per heavy atom. The van der Waals surface area contributed by atoms with E-state index in [9.17, 15) is 14.4 Å². The predicted octanol–water partition coefficient (Wildman–Crippen LogP) is -0.992. The van der Waals surface area contributed by atoms with E-state index in [1.807, 2.05) is 0 Å². The number of hydrogen-bond acceptors (Lipinski definition) is 3. The Balaban J connectivity index is 2.54. The lowest BCUT2D eigenvalue weighted by Gasteiger charge is -2.18. The first-order valence-corrected chi connectivity index (χ1v) is 4.62. The van der Waals surface area contributed by atoms with Crippen LogP contribution in [0.1, 0.15) is 6.42 Å². The highest BCUT2D eigenvalue weighted by Crippen LogP contribution is 2.17. The number of likely N-dealkylation sites (N-methyl/N-ethyl adjacent to an activating group) is 1. The molecule has 0 aliphatic carbocycles. The van der Waals surface area contributed by atoms with Gasteiger partial charge in [-0.2, -0.15) is 0 Å². The molecule has 0 aromatic carbocycles. The number of amides is 2. The van der Waals surface area contributed by atoms with Crippen molar-refractivity contribution in [3.63, 3.8) is 0 Å². The lowest BCUT2D eigenvalue weighted by atomic mass is 10.1. The van der Waals surface area contributed by atoms with Crippen LogP contribution in [0.25, 0.3) is 0 Å². The molecule has 84 valence electrons. The Morgan fingerprint density at radius 1 is 1.60 bits per heavy atom. The number of hydrogen-bond donors (Lipinski definition) is 1. The molecule has 2 amide bonds. The SMILES string of the molecule is CN1CC(C(=O)N(C)CC(=O)O)CC1=O. The number of aliphatic carboxylic acids is 1. The topological polar surface area (TPSA) is 77.9 Å². The third-order valence-electron chi connectivity index (χ3n) is 2.44. The van der Waals surface area contributed by atoms with Crippen LogP contribution in [0, 0.1) is 5.92 Å². The first-order chi connectivity index (χ1) is 6.91. The summed E-state index contributed by atoms with van der Waals surface area (Å²) in [6.45, 7) is 0.0505. The Hall–Kier alpha value is -1.59. The van der Waals surface area contributed by atoms with Crippen LogP contribution in [0.4, 0.5) is 0 Å². The lowest BCUT2D eigenvalue weighted by Crippen LogP contribution is -2.37. The number of likely N-dealkylation sites (tertiary alicyclic amines) is 1. The van der Waals surface area contributed by atoms with Gasteiger partial charge in [0.05, 0.1) is 5.92 Å². The van der Waals surface area contributed by atoms with Crippen molar-refractivity contribution in [3.8, 4) is 0 Å². The summed E-state index contributed by atoms with van der Waals surface area (Å²) in [5.74, 6) is -1.80. The average molecular weight is 214 g/mol. The van der Waals surface area contributed by atoms with Crippen molar-refractivity contribution in [1.82, 2.24) is 9.80 Å². The maximum absolute atomic E-state index is 11.7. The summed E-state index contributed by atoms with van der Waals surface area (Å²) in [5, 5.41) is 8.51. The molecule has 1 fully saturated rings. The van der Waals surface area contributed by atoms with Crippen LogP contribution in [0.15, 0.2) is 0 Å². The lowest BCUT2D eigenvalue weighted by molar-refractivity contribution is -0.145. The van der Waals surface area contributed by atoms with Gasteiger partial charge in [-0.3, -0.25) is 14.4 Å². The van der Waals surface area contributed by atoms with Crippen molar-refractivity contribution in [1.29, 1.82) is 0 Å². The van der Waals surface area contributed by atoms with E-state index in [4.69, 9.17) is 5.11 Å². The van der Waals surface area contributed by atoms with E-state index in [1.165, 1.54) is 11.9 Å². The minimum Gasteiger partial charge on any atom is -0.480 e. The predicted molar refractivity (Wildman–Crippen MR) is 51.0 cm³/mol. The maximum Gasteiger partial charge on any atom is 0.323 e. The Morgan fingerprint density at radius 2 is 2.20 bits per heavy atom. The standard InChI is InChI=1S/C9H14N2O4/c1-10-4-6(3-7(10)12)9(15)11(2)5-8(13)14/h6H,3-5H2,1-2H3,(H,13,14). The molecule has 0 aromatic heterocycles. The number of carboxylic acids is 1. The summed E-state index contributed by atoms with van der Waals surface area (Å²) in [6.07, 6.45) is 0.180. The van der Waals surface area contributed by atoms with Gasteiger partial charge in [0.25, 0.3) is 0 Å². The summed E-state index contributed by atoms with van der Waals surface area (Å²) < 4.78 is 0. The molecular weight excluding hydrogens is 200 g/mol. The van der Waals surface area contributed by atoms with Crippen LogP contribution >= 0.6 is 0 Å². The van der Waals surface area contributed by atoms with Crippen LogP contribution in [0.3, 0.4) is 0 Å². The van der Waals surface area contributed by atoms with Gasteiger partial charge in [0, 0.05) is 27.1 Å². The highest BCUT2D eigenvalue weighted by atomic mass is 16.4. The van der Waals surface area contributed by atoms with E-state index in [0.29, 0.717) is 6.54 Å². The largest absolute Gasteiger partial charge is 0.480 e. The molecule has 1 aliphatic heterocycles. The summed E-state index contributed by atoms with van der Waals surface area (Å²) in [7, 11) is 3.06. The molecule has 0 spiro atoms. The molecule has 1 atom stereocenters. The third-order valence-corrected chi connectivity index (χ3v) is 2.44.